The largest absolute Gasteiger partial charge is 0.493 e. The van der Waals surface area contributed by atoms with Crippen molar-refractivity contribution in [3.05, 3.63) is 128 Å². The number of rotatable bonds is 12. The van der Waals surface area contributed by atoms with Crippen LogP contribution in [-0.4, -0.2) is 39.9 Å². The number of anilines is 3. The first-order valence-electron chi connectivity index (χ1n) is 18.4. The van der Waals surface area contributed by atoms with E-state index in [1.165, 1.54) is 72.1 Å². The zero-order valence-corrected chi connectivity index (χ0v) is 28.9. The summed E-state index contributed by atoms with van der Waals surface area (Å²) in [6, 6.07) is 41.0. The van der Waals surface area contributed by atoms with Gasteiger partial charge in [0.1, 0.15) is 11.5 Å². The molecule has 4 aliphatic heterocycles. The zero-order chi connectivity index (χ0) is 34.9. The molecular formula is C44H33B2NO6. The molecule has 0 saturated carbocycles. The van der Waals surface area contributed by atoms with Crippen LogP contribution in [0, 0.1) is 0 Å². The maximum atomic E-state index is 6.25. The summed E-state index contributed by atoms with van der Waals surface area (Å²) in [4.78, 5) is 2.54. The number of para-hydroxylation sites is 1. The maximum Gasteiger partial charge on any atom is 0.284 e. The van der Waals surface area contributed by atoms with Crippen molar-refractivity contribution in [3.8, 4) is 45.6 Å². The molecule has 7 aromatic rings. The maximum absolute atomic E-state index is 6.25. The van der Waals surface area contributed by atoms with Gasteiger partial charge in [0.2, 0.25) is 13.4 Å². The van der Waals surface area contributed by atoms with Gasteiger partial charge in [-0.05, 0) is 92.6 Å². The third kappa shape index (κ3) is 4.76. The van der Waals surface area contributed by atoms with E-state index < -0.39 is 0 Å². The van der Waals surface area contributed by atoms with Crippen molar-refractivity contribution in [1.29, 1.82) is 0 Å². The highest BCUT2D eigenvalue weighted by Crippen LogP contribution is 2.44. The second-order valence-electron chi connectivity index (χ2n) is 13.9. The van der Waals surface area contributed by atoms with E-state index in [2.05, 4.69) is 95.9 Å². The van der Waals surface area contributed by atoms with Gasteiger partial charge >= 0.3 is 0 Å². The van der Waals surface area contributed by atoms with Gasteiger partial charge in [0.05, 0.1) is 39.0 Å². The molecule has 0 aliphatic carbocycles. The number of furan rings is 2. The molecule has 4 aliphatic rings. The number of nitrogens with zero attached hydrogens (tertiary/aromatic N) is 1. The van der Waals surface area contributed by atoms with E-state index in [1.807, 2.05) is 24.3 Å². The zero-order valence-electron chi connectivity index (χ0n) is 28.9. The summed E-state index contributed by atoms with van der Waals surface area (Å²) < 4.78 is 34.4. The molecule has 2 aromatic heterocycles. The Labute approximate surface area is 307 Å². The second kappa shape index (κ2) is 12.2. The minimum Gasteiger partial charge on any atom is -0.493 e. The molecule has 6 heterocycles. The summed E-state index contributed by atoms with van der Waals surface area (Å²) in [5.74, 6) is 2.82. The Bertz CT molecular complexity index is 2340. The van der Waals surface area contributed by atoms with Gasteiger partial charge in [0.25, 0.3) is 11.9 Å². The highest BCUT2D eigenvalue weighted by atomic mass is 16.6. The standard InChI is InChI=1S/C44H33B2NO6/c1-8-30-32-26-28(48-22-6-24-52-40-14-4-20-50-40)16-18-34(32)45-36-10-3-11-37-44(36)47(38(12-1)42(30)45)39-13-2-9-31-33-27-29(17-19-35(33)46(37)43(31)39)49-23-7-25-53-41-15-5-21-51-41/h1-5,8-21,26-27H,6-7,22-25H2. The summed E-state index contributed by atoms with van der Waals surface area (Å²) in [5.41, 5.74) is 17.0. The van der Waals surface area contributed by atoms with E-state index in [0.717, 1.165) is 24.3 Å². The molecule has 0 radical (unpaired) electrons. The van der Waals surface area contributed by atoms with Crippen molar-refractivity contribution < 1.29 is 27.8 Å². The van der Waals surface area contributed by atoms with Crippen molar-refractivity contribution in [3.63, 3.8) is 0 Å². The average Bonchev–Trinajstić information content (AvgIpc) is 4.02. The molecule has 0 unspecified atom stereocenters. The number of hydrogen-bond acceptors (Lipinski definition) is 7. The van der Waals surface area contributed by atoms with Crippen LogP contribution in [0.3, 0.4) is 0 Å². The fourth-order valence-electron chi connectivity index (χ4n) is 8.96. The van der Waals surface area contributed by atoms with Crippen LogP contribution in [0.2, 0.25) is 0 Å². The lowest BCUT2D eigenvalue weighted by Crippen LogP contribution is -2.62. The molecule has 0 spiro atoms. The van der Waals surface area contributed by atoms with Crippen molar-refractivity contribution in [1.82, 2.24) is 0 Å². The molecule has 0 bridgehead atoms. The summed E-state index contributed by atoms with van der Waals surface area (Å²) in [6.45, 7) is 2.50. The number of ether oxygens (including phenoxy) is 4. The highest BCUT2D eigenvalue weighted by Gasteiger charge is 2.49. The number of fused-ring (bicyclic) bond motifs is 10. The normalized spacial score (nSPS) is 13.2. The van der Waals surface area contributed by atoms with E-state index in [9.17, 15) is 0 Å². The summed E-state index contributed by atoms with van der Waals surface area (Å²) in [7, 11) is 0. The Balaban J connectivity index is 0.918. The Kier molecular flexibility index (Phi) is 7.00. The fourth-order valence-corrected chi connectivity index (χ4v) is 8.96. The average molecular weight is 693 g/mol. The molecule has 5 aromatic carbocycles. The second-order valence-corrected chi connectivity index (χ2v) is 13.9. The Hall–Kier alpha value is -6.21. The Morgan fingerprint density at radius 3 is 1.43 bits per heavy atom. The fraction of sp³-hybridized carbons (Fsp3) is 0.136. The SMILES string of the molecule is c1coc(OCCCOc2ccc3c(c2)-c2cccc4c2B3c2cccc3c2N4c2cccc4c2B3c2ccc(OCCCOc3ccco3)cc2-4)c1. The van der Waals surface area contributed by atoms with E-state index in [-0.39, 0.29) is 13.4 Å². The first kappa shape index (κ1) is 30.4. The molecular weight excluding hydrogens is 660 g/mol. The van der Waals surface area contributed by atoms with Crippen molar-refractivity contribution in [2.45, 2.75) is 12.8 Å². The first-order valence-corrected chi connectivity index (χ1v) is 18.4. The van der Waals surface area contributed by atoms with Gasteiger partial charge in [-0.15, -0.1) is 0 Å². The molecule has 0 fully saturated rings. The lowest BCUT2D eigenvalue weighted by atomic mass is 9.32. The Morgan fingerprint density at radius 1 is 0.453 bits per heavy atom. The molecule has 0 N–H and O–H groups in total. The van der Waals surface area contributed by atoms with Crippen molar-refractivity contribution in [2.75, 3.05) is 31.3 Å². The van der Waals surface area contributed by atoms with Crippen LogP contribution < -0.4 is 56.6 Å². The predicted molar refractivity (Wildman–Crippen MR) is 210 cm³/mol. The summed E-state index contributed by atoms with van der Waals surface area (Å²) in [5, 5.41) is 0. The van der Waals surface area contributed by atoms with Crippen LogP contribution in [-0.2, 0) is 0 Å². The molecule has 0 amide bonds. The minimum atomic E-state index is 0.149. The van der Waals surface area contributed by atoms with Crippen LogP contribution in [0.5, 0.6) is 23.4 Å². The lowest BCUT2D eigenvalue weighted by molar-refractivity contribution is 0.210. The molecule has 0 saturated heterocycles. The third-order valence-corrected chi connectivity index (χ3v) is 11.0. The summed E-state index contributed by atoms with van der Waals surface area (Å²) in [6.07, 6.45) is 4.75. The number of benzene rings is 5. The van der Waals surface area contributed by atoms with Gasteiger partial charge in [-0.25, -0.2) is 0 Å². The topological polar surface area (TPSA) is 66.4 Å². The molecule has 53 heavy (non-hydrogen) atoms. The van der Waals surface area contributed by atoms with Crippen LogP contribution >= 0.6 is 0 Å². The van der Waals surface area contributed by atoms with Crippen LogP contribution in [0.25, 0.3) is 22.3 Å². The van der Waals surface area contributed by atoms with Crippen LogP contribution in [0.4, 0.5) is 17.1 Å². The summed E-state index contributed by atoms with van der Waals surface area (Å²) >= 11 is 0. The first-order chi connectivity index (χ1) is 26.3. The molecule has 11 rings (SSSR count). The van der Waals surface area contributed by atoms with E-state index >= 15 is 0 Å². The molecule has 7 nitrogen and oxygen atoms in total. The third-order valence-electron chi connectivity index (χ3n) is 11.0. The van der Waals surface area contributed by atoms with Gasteiger partial charge in [0.15, 0.2) is 0 Å². The predicted octanol–water partition coefficient (Wildman–Crippen LogP) is 5.66. The van der Waals surface area contributed by atoms with E-state index in [1.54, 1.807) is 12.5 Å². The number of hydrogen-bond donors (Lipinski definition) is 0. The highest BCUT2D eigenvalue weighted by molar-refractivity contribution is 7.05. The Morgan fingerprint density at radius 2 is 0.943 bits per heavy atom. The van der Waals surface area contributed by atoms with Gasteiger partial charge in [-0.3, -0.25) is 0 Å². The van der Waals surface area contributed by atoms with Gasteiger partial charge in [-0.1, -0.05) is 65.5 Å². The smallest absolute Gasteiger partial charge is 0.284 e. The minimum absolute atomic E-state index is 0.149. The molecule has 256 valence electrons. The van der Waals surface area contributed by atoms with Crippen LogP contribution in [0.1, 0.15) is 12.8 Å². The van der Waals surface area contributed by atoms with Gasteiger partial charge < -0.3 is 32.7 Å². The lowest BCUT2D eigenvalue weighted by Gasteiger charge is -2.42. The van der Waals surface area contributed by atoms with Gasteiger partial charge in [-0.2, -0.15) is 0 Å². The van der Waals surface area contributed by atoms with Crippen molar-refractivity contribution >= 4 is 63.3 Å². The van der Waals surface area contributed by atoms with Crippen LogP contribution in [0.15, 0.2) is 137 Å². The van der Waals surface area contributed by atoms with Gasteiger partial charge in [0, 0.05) is 42.0 Å². The quantitative estimate of drug-likeness (QED) is 0.121. The molecule has 9 heteroatoms. The van der Waals surface area contributed by atoms with E-state index in [4.69, 9.17) is 27.8 Å². The van der Waals surface area contributed by atoms with E-state index in [0.29, 0.717) is 38.3 Å². The van der Waals surface area contributed by atoms with Crippen molar-refractivity contribution in [2.24, 2.45) is 0 Å². The molecule has 0 atom stereocenters. The monoisotopic (exact) mass is 693 g/mol.